The molecule has 1 aliphatic heterocycles. The van der Waals surface area contributed by atoms with Crippen LogP contribution >= 0.6 is 0 Å². The van der Waals surface area contributed by atoms with E-state index in [0.717, 1.165) is 6.42 Å². The second-order valence-electron chi connectivity index (χ2n) is 5.66. The summed E-state index contributed by atoms with van der Waals surface area (Å²) in [7, 11) is 1.36. The molecule has 0 bridgehead atoms. The Morgan fingerprint density at radius 2 is 2.05 bits per heavy atom. The monoisotopic (exact) mass is 273 g/mol. The summed E-state index contributed by atoms with van der Waals surface area (Å²) in [5.74, 6) is -0.253. The first-order valence-electron chi connectivity index (χ1n) is 6.46. The molecular weight excluding hydrogens is 250 g/mol. The first-order valence-corrected chi connectivity index (χ1v) is 6.46. The van der Waals surface area contributed by atoms with Gasteiger partial charge >= 0.3 is 12.1 Å². The molecule has 1 saturated heterocycles. The molecule has 0 spiro atoms. The van der Waals surface area contributed by atoms with Gasteiger partial charge in [0.05, 0.1) is 26.2 Å². The fourth-order valence-electron chi connectivity index (χ4n) is 1.94. The standard InChI is InChI=1S/C13H23NO5/c1-13(2,3)19-12(16)14-10-8-18-6-5-9(10)7-11(15)17-4/h9-10H,5-8H2,1-4H3,(H,14,16)/t9-,10+/m0/s1. The lowest BCUT2D eigenvalue weighted by Crippen LogP contribution is -2.48. The second-order valence-corrected chi connectivity index (χ2v) is 5.66. The molecule has 0 saturated carbocycles. The number of esters is 1. The molecule has 1 heterocycles. The Morgan fingerprint density at radius 3 is 2.63 bits per heavy atom. The average Bonchev–Trinajstić information content (AvgIpc) is 2.29. The number of hydrogen-bond acceptors (Lipinski definition) is 5. The molecule has 2 atom stereocenters. The molecule has 0 aromatic rings. The highest BCUT2D eigenvalue weighted by molar-refractivity contribution is 5.70. The summed E-state index contributed by atoms with van der Waals surface area (Å²) in [6, 6.07) is -0.220. The predicted molar refractivity (Wildman–Crippen MR) is 68.7 cm³/mol. The van der Waals surface area contributed by atoms with Gasteiger partial charge in [-0.3, -0.25) is 4.79 Å². The van der Waals surface area contributed by atoms with E-state index in [-0.39, 0.29) is 24.3 Å². The Kier molecular flexibility index (Phi) is 5.60. The molecule has 6 heteroatoms. The molecule has 0 radical (unpaired) electrons. The van der Waals surface area contributed by atoms with Crippen molar-refractivity contribution in [1.29, 1.82) is 0 Å². The van der Waals surface area contributed by atoms with Crippen molar-refractivity contribution in [2.75, 3.05) is 20.3 Å². The van der Waals surface area contributed by atoms with Crippen molar-refractivity contribution >= 4 is 12.1 Å². The van der Waals surface area contributed by atoms with Crippen molar-refractivity contribution in [2.24, 2.45) is 5.92 Å². The number of carbonyl (C=O) groups is 2. The fraction of sp³-hybridized carbons (Fsp3) is 0.846. The predicted octanol–water partition coefficient (Wildman–Crippen LogP) is 1.48. The van der Waals surface area contributed by atoms with Crippen molar-refractivity contribution < 1.29 is 23.8 Å². The van der Waals surface area contributed by atoms with Gasteiger partial charge in [-0.15, -0.1) is 0 Å². The van der Waals surface area contributed by atoms with E-state index in [1.165, 1.54) is 7.11 Å². The highest BCUT2D eigenvalue weighted by Crippen LogP contribution is 2.20. The van der Waals surface area contributed by atoms with Crippen LogP contribution in [0.4, 0.5) is 4.79 Å². The highest BCUT2D eigenvalue weighted by Gasteiger charge is 2.30. The third-order valence-corrected chi connectivity index (χ3v) is 2.86. The van der Waals surface area contributed by atoms with Crippen LogP contribution in [0.3, 0.4) is 0 Å². The summed E-state index contributed by atoms with van der Waals surface area (Å²) in [6.07, 6.45) is 0.508. The maximum absolute atomic E-state index is 11.7. The molecule has 1 rings (SSSR count). The molecule has 0 unspecified atom stereocenters. The van der Waals surface area contributed by atoms with Gasteiger partial charge in [0, 0.05) is 6.61 Å². The molecule has 1 fully saturated rings. The number of ether oxygens (including phenoxy) is 3. The minimum atomic E-state index is -0.544. The number of rotatable bonds is 3. The zero-order valence-corrected chi connectivity index (χ0v) is 12.0. The van der Waals surface area contributed by atoms with Crippen LogP contribution < -0.4 is 5.32 Å². The number of carbonyl (C=O) groups excluding carboxylic acids is 2. The van der Waals surface area contributed by atoms with Gasteiger partial charge in [0.15, 0.2) is 0 Å². The smallest absolute Gasteiger partial charge is 0.407 e. The van der Waals surface area contributed by atoms with Gasteiger partial charge in [-0.1, -0.05) is 0 Å². The minimum Gasteiger partial charge on any atom is -0.469 e. The number of alkyl carbamates (subject to hydrolysis) is 1. The third kappa shape index (κ3) is 5.92. The summed E-state index contributed by atoms with van der Waals surface area (Å²) in [4.78, 5) is 23.1. The van der Waals surface area contributed by atoms with Crippen LogP contribution in [0.2, 0.25) is 0 Å². The van der Waals surface area contributed by atoms with E-state index >= 15 is 0 Å². The van der Waals surface area contributed by atoms with Crippen LogP contribution in [-0.4, -0.2) is 44.0 Å². The number of hydrogen-bond donors (Lipinski definition) is 1. The fourth-order valence-corrected chi connectivity index (χ4v) is 1.94. The van der Waals surface area contributed by atoms with Gasteiger partial charge < -0.3 is 19.5 Å². The normalized spacial score (nSPS) is 23.6. The molecule has 0 aromatic heterocycles. The second kappa shape index (κ2) is 6.75. The lowest BCUT2D eigenvalue weighted by molar-refractivity contribution is -0.142. The summed E-state index contributed by atoms with van der Waals surface area (Å²) >= 11 is 0. The summed E-state index contributed by atoms with van der Waals surface area (Å²) in [6.45, 7) is 6.39. The molecule has 110 valence electrons. The number of methoxy groups -OCH3 is 1. The Bertz CT molecular complexity index is 323. The van der Waals surface area contributed by atoms with Crippen LogP contribution in [0.15, 0.2) is 0 Å². The van der Waals surface area contributed by atoms with E-state index in [4.69, 9.17) is 9.47 Å². The van der Waals surface area contributed by atoms with E-state index < -0.39 is 11.7 Å². The first kappa shape index (κ1) is 15.8. The molecular formula is C13H23NO5. The summed E-state index contributed by atoms with van der Waals surface area (Å²) in [5.41, 5.74) is -0.544. The Morgan fingerprint density at radius 1 is 1.37 bits per heavy atom. The van der Waals surface area contributed by atoms with E-state index in [9.17, 15) is 9.59 Å². The van der Waals surface area contributed by atoms with Crippen molar-refractivity contribution in [3.05, 3.63) is 0 Å². The molecule has 19 heavy (non-hydrogen) atoms. The van der Waals surface area contributed by atoms with Gasteiger partial charge in [0.1, 0.15) is 5.60 Å². The zero-order chi connectivity index (χ0) is 14.5. The van der Waals surface area contributed by atoms with E-state index in [1.807, 2.05) is 0 Å². The lowest BCUT2D eigenvalue weighted by atomic mass is 9.92. The SMILES string of the molecule is COC(=O)C[C@@H]1CCOC[C@H]1NC(=O)OC(C)(C)C. The topological polar surface area (TPSA) is 73.9 Å². The molecule has 1 N–H and O–H groups in total. The van der Waals surface area contributed by atoms with E-state index in [2.05, 4.69) is 10.1 Å². The summed E-state index contributed by atoms with van der Waals surface area (Å²) in [5, 5.41) is 2.76. The largest absolute Gasteiger partial charge is 0.469 e. The maximum atomic E-state index is 11.7. The summed E-state index contributed by atoms with van der Waals surface area (Å²) < 4.78 is 15.2. The van der Waals surface area contributed by atoms with Crippen molar-refractivity contribution in [2.45, 2.75) is 45.3 Å². The van der Waals surface area contributed by atoms with E-state index in [0.29, 0.717) is 13.2 Å². The van der Waals surface area contributed by atoms with Gasteiger partial charge in [-0.25, -0.2) is 4.79 Å². The molecule has 1 aliphatic rings. The molecule has 0 aromatic carbocycles. The van der Waals surface area contributed by atoms with Gasteiger partial charge in [-0.2, -0.15) is 0 Å². The third-order valence-electron chi connectivity index (χ3n) is 2.86. The van der Waals surface area contributed by atoms with Crippen LogP contribution in [-0.2, 0) is 19.0 Å². The average molecular weight is 273 g/mol. The van der Waals surface area contributed by atoms with Gasteiger partial charge in [0.25, 0.3) is 0 Å². The number of amides is 1. The van der Waals surface area contributed by atoms with Gasteiger partial charge in [-0.05, 0) is 33.1 Å². The Hall–Kier alpha value is -1.30. The Balaban J connectivity index is 2.52. The lowest BCUT2D eigenvalue weighted by Gasteiger charge is -2.32. The van der Waals surface area contributed by atoms with Crippen LogP contribution in [0.1, 0.15) is 33.6 Å². The quantitative estimate of drug-likeness (QED) is 0.788. The van der Waals surface area contributed by atoms with Crippen molar-refractivity contribution in [3.8, 4) is 0 Å². The van der Waals surface area contributed by atoms with Crippen molar-refractivity contribution in [3.63, 3.8) is 0 Å². The molecule has 1 amide bonds. The van der Waals surface area contributed by atoms with E-state index in [1.54, 1.807) is 20.8 Å². The minimum absolute atomic E-state index is 0.0220. The highest BCUT2D eigenvalue weighted by atomic mass is 16.6. The number of nitrogens with one attached hydrogen (secondary N) is 1. The molecule has 6 nitrogen and oxygen atoms in total. The Labute approximate surface area is 113 Å². The van der Waals surface area contributed by atoms with Crippen molar-refractivity contribution in [1.82, 2.24) is 5.32 Å². The van der Waals surface area contributed by atoms with Crippen LogP contribution in [0.25, 0.3) is 0 Å². The van der Waals surface area contributed by atoms with Gasteiger partial charge in [0.2, 0.25) is 0 Å². The maximum Gasteiger partial charge on any atom is 0.407 e. The van der Waals surface area contributed by atoms with Crippen LogP contribution in [0.5, 0.6) is 0 Å². The first-order chi connectivity index (χ1) is 8.81. The van der Waals surface area contributed by atoms with Crippen LogP contribution in [0, 0.1) is 5.92 Å². The zero-order valence-electron chi connectivity index (χ0n) is 12.0. The molecule has 0 aliphatic carbocycles.